The summed E-state index contributed by atoms with van der Waals surface area (Å²) in [7, 11) is 1.26. The molecule has 0 aromatic heterocycles. The van der Waals surface area contributed by atoms with Crippen LogP contribution in [0.3, 0.4) is 0 Å². The number of nitrogens with zero attached hydrogens (tertiary/aromatic N) is 1. The lowest BCUT2D eigenvalue weighted by atomic mass is 9.94. The van der Waals surface area contributed by atoms with Crippen LogP contribution in [0.2, 0.25) is 0 Å². The largest absolute Gasteiger partial charge is 0.484 e. The van der Waals surface area contributed by atoms with Gasteiger partial charge in [-0.05, 0) is 19.1 Å². The van der Waals surface area contributed by atoms with Gasteiger partial charge in [-0.1, -0.05) is 18.2 Å². The molecule has 0 spiro atoms. The van der Waals surface area contributed by atoms with Crippen molar-refractivity contribution >= 4 is 41.1 Å². The summed E-state index contributed by atoms with van der Waals surface area (Å²) in [6.07, 6.45) is 0. The SMILES string of the molecule is COC(=O)[C@@H]1N2C(=O)[C@@H](NC(=O)COc3ccccc3)[C@@H]2SC[C@@]1(C)Cl. The van der Waals surface area contributed by atoms with Gasteiger partial charge in [0.15, 0.2) is 12.6 Å². The number of hydrogen-bond acceptors (Lipinski definition) is 6. The molecule has 9 heteroatoms. The van der Waals surface area contributed by atoms with E-state index < -0.39 is 28.8 Å². The van der Waals surface area contributed by atoms with Crippen LogP contribution in [0.4, 0.5) is 0 Å². The number of thioether (sulfide) groups is 1. The Balaban J connectivity index is 1.61. The lowest BCUT2D eigenvalue weighted by Crippen LogP contribution is -2.78. The maximum Gasteiger partial charge on any atom is 0.330 e. The van der Waals surface area contributed by atoms with E-state index in [1.54, 1.807) is 31.2 Å². The predicted octanol–water partition coefficient (Wildman–Crippen LogP) is 1.00. The summed E-state index contributed by atoms with van der Waals surface area (Å²) >= 11 is 7.85. The maximum absolute atomic E-state index is 12.5. The second-order valence-electron chi connectivity index (χ2n) is 6.30. The number of fused-ring (bicyclic) bond motifs is 1. The monoisotopic (exact) mass is 398 g/mol. The second kappa shape index (κ2) is 7.36. The third kappa shape index (κ3) is 3.48. The molecule has 2 saturated heterocycles. The fourth-order valence-electron chi connectivity index (χ4n) is 3.04. The van der Waals surface area contributed by atoms with Crippen LogP contribution in [-0.2, 0) is 19.1 Å². The normalized spacial score (nSPS) is 30.0. The van der Waals surface area contributed by atoms with E-state index >= 15 is 0 Å². The first kappa shape index (κ1) is 18.8. The van der Waals surface area contributed by atoms with Crippen molar-refractivity contribution in [2.45, 2.75) is 29.3 Å². The summed E-state index contributed by atoms with van der Waals surface area (Å²) < 4.78 is 10.2. The molecule has 0 unspecified atom stereocenters. The maximum atomic E-state index is 12.5. The molecule has 1 aromatic rings. The van der Waals surface area contributed by atoms with Crippen LogP contribution in [0.25, 0.3) is 0 Å². The van der Waals surface area contributed by atoms with E-state index in [9.17, 15) is 14.4 Å². The summed E-state index contributed by atoms with van der Waals surface area (Å²) in [5.41, 5.74) is 0. The molecule has 0 saturated carbocycles. The first-order valence-corrected chi connectivity index (χ1v) is 9.45. The highest BCUT2D eigenvalue weighted by molar-refractivity contribution is 8.00. The molecule has 2 heterocycles. The Hall–Kier alpha value is -1.93. The minimum Gasteiger partial charge on any atom is -0.484 e. The average molecular weight is 399 g/mol. The van der Waals surface area contributed by atoms with Crippen LogP contribution in [0, 0.1) is 0 Å². The van der Waals surface area contributed by atoms with Gasteiger partial charge >= 0.3 is 5.97 Å². The van der Waals surface area contributed by atoms with Crippen molar-refractivity contribution in [2.75, 3.05) is 19.5 Å². The van der Waals surface area contributed by atoms with E-state index in [1.807, 2.05) is 6.07 Å². The Labute approximate surface area is 160 Å². The zero-order valence-corrected chi connectivity index (χ0v) is 15.9. The number of alkyl halides is 1. The smallest absolute Gasteiger partial charge is 0.330 e. The summed E-state index contributed by atoms with van der Waals surface area (Å²) in [5, 5.41) is 2.32. The molecule has 1 aromatic carbocycles. The summed E-state index contributed by atoms with van der Waals surface area (Å²) in [6, 6.07) is 7.35. The summed E-state index contributed by atoms with van der Waals surface area (Å²) in [6.45, 7) is 1.51. The number of halogens is 1. The quantitative estimate of drug-likeness (QED) is 0.452. The topological polar surface area (TPSA) is 84.9 Å². The number of carbonyl (C=O) groups excluding carboxylic acids is 3. The number of carbonyl (C=O) groups is 3. The number of hydrogen-bond donors (Lipinski definition) is 1. The highest BCUT2D eigenvalue weighted by Crippen LogP contribution is 2.45. The van der Waals surface area contributed by atoms with Gasteiger partial charge in [-0.3, -0.25) is 9.59 Å². The molecule has 26 heavy (non-hydrogen) atoms. The summed E-state index contributed by atoms with van der Waals surface area (Å²) in [4.78, 5) is 37.2. The fraction of sp³-hybridized carbons (Fsp3) is 0.471. The van der Waals surface area contributed by atoms with Gasteiger partial charge in [0.05, 0.1) is 12.0 Å². The Morgan fingerprint density at radius 2 is 2.08 bits per heavy atom. The first-order chi connectivity index (χ1) is 12.3. The molecule has 7 nitrogen and oxygen atoms in total. The number of amides is 2. The van der Waals surface area contributed by atoms with Gasteiger partial charge in [0.2, 0.25) is 5.91 Å². The van der Waals surface area contributed by atoms with E-state index in [2.05, 4.69) is 5.32 Å². The van der Waals surface area contributed by atoms with Gasteiger partial charge in [0, 0.05) is 5.75 Å². The van der Waals surface area contributed by atoms with Gasteiger partial charge in [0.1, 0.15) is 17.2 Å². The van der Waals surface area contributed by atoms with Crippen molar-refractivity contribution in [3.63, 3.8) is 0 Å². The summed E-state index contributed by atoms with van der Waals surface area (Å²) in [5.74, 6) is -0.285. The van der Waals surface area contributed by atoms with Gasteiger partial charge < -0.3 is 19.7 Å². The van der Waals surface area contributed by atoms with Gasteiger partial charge in [-0.15, -0.1) is 23.4 Å². The van der Waals surface area contributed by atoms with Crippen molar-refractivity contribution in [2.24, 2.45) is 0 Å². The van der Waals surface area contributed by atoms with Crippen molar-refractivity contribution in [3.05, 3.63) is 30.3 Å². The van der Waals surface area contributed by atoms with Crippen LogP contribution < -0.4 is 10.1 Å². The molecule has 1 N–H and O–H groups in total. The molecular weight excluding hydrogens is 380 g/mol. The van der Waals surface area contributed by atoms with Crippen LogP contribution in [-0.4, -0.2) is 64.5 Å². The van der Waals surface area contributed by atoms with E-state index in [1.165, 1.54) is 23.8 Å². The molecule has 0 bridgehead atoms. The van der Waals surface area contributed by atoms with E-state index in [0.717, 1.165) is 0 Å². The first-order valence-electron chi connectivity index (χ1n) is 8.03. The van der Waals surface area contributed by atoms with Gasteiger partial charge in [-0.25, -0.2) is 4.79 Å². The number of methoxy groups -OCH3 is 1. The van der Waals surface area contributed by atoms with Gasteiger partial charge in [0.25, 0.3) is 5.91 Å². The number of rotatable bonds is 5. The van der Waals surface area contributed by atoms with E-state index in [4.69, 9.17) is 21.1 Å². The zero-order chi connectivity index (χ0) is 18.9. The third-order valence-corrected chi connectivity index (χ3v) is 6.42. The third-order valence-electron chi connectivity index (χ3n) is 4.32. The van der Waals surface area contributed by atoms with Crippen LogP contribution in [0.1, 0.15) is 6.92 Å². The predicted molar refractivity (Wildman–Crippen MR) is 97.0 cm³/mol. The van der Waals surface area contributed by atoms with Crippen molar-refractivity contribution in [3.8, 4) is 5.75 Å². The molecule has 140 valence electrons. The molecule has 3 rings (SSSR count). The fourth-order valence-corrected chi connectivity index (χ4v) is 4.84. The Morgan fingerprint density at radius 1 is 1.38 bits per heavy atom. The van der Waals surface area contributed by atoms with Crippen LogP contribution in [0.15, 0.2) is 30.3 Å². The van der Waals surface area contributed by atoms with Crippen LogP contribution in [0.5, 0.6) is 5.75 Å². The number of esters is 1. The molecule has 2 aliphatic heterocycles. The number of ether oxygens (including phenoxy) is 2. The van der Waals surface area contributed by atoms with E-state index in [0.29, 0.717) is 11.5 Å². The molecule has 2 fully saturated rings. The molecule has 0 radical (unpaired) electrons. The molecule has 0 aliphatic carbocycles. The number of para-hydroxylation sites is 1. The number of β-lactam (4-membered cyclic amide) rings is 1. The lowest BCUT2D eigenvalue weighted by molar-refractivity contribution is -0.165. The minimum absolute atomic E-state index is 0.196. The Bertz CT molecular complexity index is 714. The average Bonchev–Trinajstić information content (AvgIpc) is 2.64. The number of nitrogens with one attached hydrogen (secondary N) is 1. The molecule has 2 aliphatic rings. The molecule has 4 atom stereocenters. The van der Waals surface area contributed by atoms with Crippen molar-refractivity contribution < 1.29 is 23.9 Å². The highest BCUT2D eigenvalue weighted by Gasteiger charge is 2.61. The standard InChI is InChI=1S/C17H19ClN2O5S/c1-17(18)9-26-15-12(14(22)20(15)13(17)16(23)24-2)19-11(21)8-25-10-6-4-3-5-7-10/h3-7,12-13,15H,8-9H2,1-2H3,(H,19,21)/t12-,13+,15+,17-/m1/s1. The zero-order valence-electron chi connectivity index (χ0n) is 14.3. The Morgan fingerprint density at radius 3 is 2.73 bits per heavy atom. The number of benzene rings is 1. The Kier molecular flexibility index (Phi) is 5.34. The van der Waals surface area contributed by atoms with E-state index in [-0.39, 0.29) is 17.9 Å². The highest BCUT2D eigenvalue weighted by atomic mass is 35.5. The minimum atomic E-state index is -0.921. The van der Waals surface area contributed by atoms with Crippen molar-refractivity contribution in [1.82, 2.24) is 10.2 Å². The van der Waals surface area contributed by atoms with Gasteiger partial charge in [-0.2, -0.15) is 0 Å². The molecule has 2 amide bonds. The van der Waals surface area contributed by atoms with Crippen LogP contribution >= 0.6 is 23.4 Å². The molecular formula is C17H19ClN2O5S. The lowest BCUT2D eigenvalue weighted by Gasteiger charge is -2.56. The second-order valence-corrected chi connectivity index (χ2v) is 8.27. The van der Waals surface area contributed by atoms with Crippen molar-refractivity contribution in [1.29, 1.82) is 0 Å².